The fourth-order valence-corrected chi connectivity index (χ4v) is 2.80. The average Bonchev–Trinajstić information content (AvgIpc) is 3.08. The SMILES string of the molecule is COc1cc(Br)c(C2(C(=O)O)CC2)c(OC)c1. The molecule has 5 heteroatoms. The number of ether oxygens (including phenoxy) is 2. The van der Waals surface area contributed by atoms with Crippen molar-refractivity contribution in [1.29, 1.82) is 0 Å². The first-order chi connectivity index (χ1) is 8.05. The third-order valence-electron chi connectivity index (χ3n) is 3.12. The molecule has 0 aliphatic heterocycles. The summed E-state index contributed by atoms with van der Waals surface area (Å²) in [5.41, 5.74) is -0.0931. The Morgan fingerprint density at radius 3 is 2.41 bits per heavy atom. The zero-order valence-electron chi connectivity index (χ0n) is 9.62. The molecule has 92 valence electrons. The molecule has 1 saturated carbocycles. The Hall–Kier alpha value is -1.23. The molecule has 0 heterocycles. The highest BCUT2D eigenvalue weighted by Crippen LogP contribution is 2.54. The molecule has 1 fully saturated rings. The number of hydrogen-bond donors (Lipinski definition) is 1. The molecule has 0 atom stereocenters. The third-order valence-corrected chi connectivity index (χ3v) is 3.75. The van der Waals surface area contributed by atoms with Crippen molar-refractivity contribution in [3.05, 3.63) is 22.2 Å². The fraction of sp³-hybridized carbons (Fsp3) is 0.417. The molecule has 0 bridgehead atoms. The van der Waals surface area contributed by atoms with E-state index >= 15 is 0 Å². The highest BCUT2D eigenvalue weighted by Gasteiger charge is 2.54. The molecule has 0 aromatic heterocycles. The molecule has 0 saturated heterocycles. The van der Waals surface area contributed by atoms with Crippen LogP contribution in [0.4, 0.5) is 0 Å². The number of methoxy groups -OCH3 is 2. The summed E-state index contributed by atoms with van der Waals surface area (Å²) in [6.07, 6.45) is 1.28. The van der Waals surface area contributed by atoms with Gasteiger partial charge >= 0.3 is 5.97 Å². The molecule has 0 radical (unpaired) electrons. The number of hydrogen-bond acceptors (Lipinski definition) is 3. The standard InChI is InChI=1S/C12H13BrO4/c1-16-7-5-8(13)10(9(6-7)17-2)12(3-4-12)11(14)15/h5-6H,3-4H2,1-2H3,(H,14,15). The zero-order chi connectivity index (χ0) is 12.6. The number of carboxylic acid groups (broad SMARTS) is 1. The van der Waals surface area contributed by atoms with Gasteiger partial charge in [0.15, 0.2) is 0 Å². The molecule has 2 rings (SSSR count). The first kappa shape index (κ1) is 12.2. The van der Waals surface area contributed by atoms with Gasteiger partial charge in [-0.25, -0.2) is 0 Å². The van der Waals surface area contributed by atoms with Crippen molar-refractivity contribution < 1.29 is 19.4 Å². The molecular formula is C12H13BrO4. The van der Waals surface area contributed by atoms with Crippen LogP contribution in [0.1, 0.15) is 18.4 Å². The van der Waals surface area contributed by atoms with Crippen molar-refractivity contribution in [2.75, 3.05) is 14.2 Å². The van der Waals surface area contributed by atoms with Crippen LogP contribution in [0, 0.1) is 0 Å². The Kier molecular flexibility index (Phi) is 3.03. The number of rotatable bonds is 4. The maximum absolute atomic E-state index is 11.4. The summed E-state index contributed by atoms with van der Waals surface area (Å²) in [4.78, 5) is 11.4. The van der Waals surface area contributed by atoms with Crippen LogP contribution >= 0.6 is 15.9 Å². The Morgan fingerprint density at radius 1 is 1.35 bits per heavy atom. The topological polar surface area (TPSA) is 55.8 Å². The smallest absolute Gasteiger partial charge is 0.314 e. The lowest BCUT2D eigenvalue weighted by molar-refractivity contribution is -0.140. The van der Waals surface area contributed by atoms with Gasteiger partial charge in [0, 0.05) is 16.1 Å². The Morgan fingerprint density at radius 2 is 2.00 bits per heavy atom. The van der Waals surface area contributed by atoms with Crippen LogP contribution in [0.2, 0.25) is 0 Å². The number of aliphatic carboxylic acids is 1. The normalized spacial score (nSPS) is 16.4. The Balaban J connectivity index is 2.57. The molecule has 1 aliphatic carbocycles. The van der Waals surface area contributed by atoms with Gasteiger partial charge < -0.3 is 14.6 Å². The predicted molar refractivity (Wildman–Crippen MR) is 65.8 cm³/mol. The first-order valence-electron chi connectivity index (χ1n) is 5.20. The van der Waals surface area contributed by atoms with E-state index in [2.05, 4.69) is 15.9 Å². The minimum atomic E-state index is -0.804. The molecular weight excluding hydrogens is 288 g/mol. The highest BCUT2D eigenvalue weighted by atomic mass is 79.9. The third kappa shape index (κ3) is 1.88. The summed E-state index contributed by atoms with van der Waals surface area (Å²) < 4.78 is 11.1. The molecule has 0 amide bonds. The first-order valence-corrected chi connectivity index (χ1v) is 6.00. The van der Waals surface area contributed by atoms with Crippen LogP contribution in [0.25, 0.3) is 0 Å². The Labute approximate surface area is 108 Å². The van der Waals surface area contributed by atoms with Crippen molar-refractivity contribution in [1.82, 2.24) is 0 Å². The maximum atomic E-state index is 11.4. The fourth-order valence-electron chi connectivity index (χ4n) is 2.00. The highest BCUT2D eigenvalue weighted by molar-refractivity contribution is 9.10. The Bertz CT molecular complexity index is 466. The van der Waals surface area contributed by atoms with Gasteiger partial charge in [0.25, 0.3) is 0 Å². The number of benzene rings is 1. The van der Waals surface area contributed by atoms with Gasteiger partial charge in [0.1, 0.15) is 11.5 Å². The molecule has 0 unspecified atom stereocenters. The van der Waals surface area contributed by atoms with E-state index in [0.29, 0.717) is 34.4 Å². The van der Waals surface area contributed by atoms with Crippen molar-refractivity contribution in [2.45, 2.75) is 18.3 Å². The van der Waals surface area contributed by atoms with Gasteiger partial charge in [0.05, 0.1) is 19.6 Å². The van der Waals surface area contributed by atoms with Crippen LogP contribution in [-0.4, -0.2) is 25.3 Å². The van der Waals surface area contributed by atoms with E-state index in [4.69, 9.17) is 9.47 Å². The molecule has 1 aliphatic rings. The summed E-state index contributed by atoms with van der Waals surface area (Å²) in [7, 11) is 3.09. The molecule has 1 aromatic carbocycles. The second kappa shape index (κ2) is 4.22. The van der Waals surface area contributed by atoms with E-state index < -0.39 is 11.4 Å². The largest absolute Gasteiger partial charge is 0.497 e. The number of carbonyl (C=O) groups is 1. The number of carboxylic acids is 1. The van der Waals surface area contributed by atoms with Crippen LogP contribution in [-0.2, 0) is 10.2 Å². The van der Waals surface area contributed by atoms with Crippen LogP contribution < -0.4 is 9.47 Å². The summed E-state index contributed by atoms with van der Waals surface area (Å²) in [5, 5.41) is 9.32. The van der Waals surface area contributed by atoms with E-state index in [1.54, 1.807) is 19.2 Å². The van der Waals surface area contributed by atoms with Crippen LogP contribution in [0.3, 0.4) is 0 Å². The molecule has 17 heavy (non-hydrogen) atoms. The predicted octanol–water partition coefficient (Wildman–Crippen LogP) is 2.58. The second-order valence-electron chi connectivity index (χ2n) is 4.07. The zero-order valence-corrected chi connectivity index (χ0v) is 11.2. The van der Waals surface area contributed by atoms with Gasteiger partial charge in [-0.1, -0.05) is 15.9 Å². The van der Waals surface area contributed by atoms with E-state index in [0.717, 1.165) is 0 Å². The summed E-state index contributed by atoms with van der Waals surface area (Å²) >= 11 is 3.40. The lowest BCUT2D eigenvalue weighted by Gasteiger charge is -2.17. The lowest BCUT2D eigenvalue weighted by atomic mass is 9.95. The van der Waals surface area contributed by atoms with E-state index in [-0.39, 0.29) is 0 Å². The van der Waals surface area contributed by atoms with Crippen molar-refractivity contribution in [2.24, 2.45) is 0 Å². The number of halogens is 1. The summed E-state index contributed by atoms with van der Waals surface area (Å²) in [6.45, 7) is 0. The average molecular weight is 301 g/mol. The van der Waals surface area contributed by atoms with Crippen LogP contribution in [0.5, 0.6) is 11.5 Å². The van der Waals surface area contributed by atoms with E-state index in [9.17, 15) is 9.90 Å². The molecule has 1 N–H and O–H groups in total. The van der Waals surface area contributed by atoms with Crippen LogP contribution in [0.15, 0.2) is 16.6 Å². The monoisotopic (exact) mass is 300 g/mol. The van der Waals surface area contributed by atoms with Crippen molar-refractivity contribution in [3.63, 3.8) is 0 Å². The summed E-state index contributed by atoms with van der Waals surface area (Å²) in [5.74, 6) is 0.386. The van der Waals surface area contributed by atoms with Crippen molar-refractivity contribution >= 4 is 21.9 Å². The minimum absolute atomic E-state index is 0.552. The lowest BCUT2D eigenvalue weighted by Crippen LogP contribution is -2.21. The summed E-state index contributed by atoms with van der Waals surface area (Å²) in [6, 6.07) is 3.48. The van der Waals surface area contributed by atoms with E-state index in [1.807, 2.05) is 0 Å². The van der Waals surface area contributed by atoms with Gasteiger partial charge in [-0.05, 0) is 18.9 Å². The molecule has 0 spiro atoms. The minimum Gasteiger partial charge on any atom is -0.497 e. The van der Waals surface area contributed by atoms with E-state index in [1.165, 1.54) is 7.11 Å². The van der Waals surface area contributed by atoms with Gasteiger partial charge in [-0.3, -0.25) is 4.79 Å². The molecule has 4 nitrogen and oxygen atoms in total. The second-order valence-corrected chi connectivity index (χ2v) is 4.93. The quantitative estimate of drug-likeness (QED) is 0.928. The van der Waals surface area contributed by atoms with Crippen molar-refractivity contribution in [3.8, 4) is 11.5 Å². The van der Waals surface area contributed by atoms with Gasteiger partial charge in [-0.15, -0.1) is 0 Å². The molecule has 1 aromatic rings. The maximum Gasteiger partial charge on any atom is 0.314 e. The van der Waals surface area contributed by atoms with Gasteiger partial charge in [0.2, 0.25) is 0 Å². The van der Waals surface area contributed by atoms with Gasteiger partial charge in [-0.2, -0.15) is 0 Å².